The Morgan fingerprint density at radius 3 is 2.53 bits per heavy atom. The van der Waals surface area contributed by atoms with Crippen molar-refractivity contribution in [2.75, 3.05) is 12.3 Å². The first-order valence-corrected chi connectivity index (χ1v) is 12.5. The molecule has 2 aromatic carbocycles. The van der Waals surface area contributed by atoms with E-state index in [-0.39, 0.29) is 26.6 Å². The number of rotatable bonds is 5. The standard InChI is InChI=1S/C24H24N6O3S.3H2/c1-14(2)34(31,32)19-7-5-15(6-8-19)20-13-27-22(25)21(28-20)24-30-29-23(33-24)17-3-4-18-12-26-10-9-16(18)11-17;;;/h3-8,11,13-14,26H,9-10,12H2,1-2H3,(H2,25,27);3*1H. The summed E-state index contributed by atoms with van der Waals surface area (Å²) in [4.78, 5) is 9.07. The molecule has 4 aromatic rings. The summed E-state index contributed by atoms with van der Waals surface area (Å²) in [6.07, 6.45) is 2.47. The van der Waals surface area contributed by atoms with Crippen LogP contribution in [-0.4, -0.2) is 40.4 Å². The number of benzene rings is 2. The third-order valence-electron chi connectivity index (χ3n) is 5.87. The van der Waals surface area contributed by atoms with E-state index in [1.807, 2.05) is 6.07 Å². The SMILES string of the molecule is CC(C)S(=O)(=O)c1ccc(-c2cnc(N)c(-c3nnc(-c4ccc5c(c4)CCNC5)o3)n2)cc1.[HH].[HH].[HH]. The van der Waals surface area contributed by atoms with Crippen molar-refractivity contribution in [3.8, 4) is 34.3 Å². The van der Waals surface area contributed by atoms with E-state index in [1.165, 1.54) is 17.3 Å². The Hall–Kier alpha value is -3.63. The molecule has 3 N–H and O–H groups in total. The number of hydrogen-bond donors (Lipinski definition) is 2. The van der Waals surface area contributed by atoms with Crippen LogP contribution in [0, 0.1) is 0 Å². The summed E-state index contributed by atoms with van der Waals surface area (Å²) >= 11 is 0. The summed E-state index contributed by atoms with van der Waals surface area (Å²) < 4.78 is 30.7. The molecule has 2 aromatic heterocycles. The van der Waals surface area contributed by atoms with Crippen LogP contribution in [0.5, 0.6) is 0 Å². The van der Waals surface area contributed by atoms with Gasteiger partial charge in [0.05, 0.1) is 22.0 Å². The fraction of sp³-hybridized carbons (Fsp3) is 0.250. The largest absolute Gasteiger partial charge is 0.414 e. The van der Waals surface area contributed by atoms with Crippen LogP contribution in [0.1, 0.15) is 29.3 Å². The summed E-state index contributed by atoms with van der Waals surface area (Å²) in [7, 11) is -3.36. The molecule has 3 heterocycles. The number of nitrogens with zero attached hydrogens (tertiary/aromatic N) is 4. The van der Waals surface area contributed by atoms with Gasteiger partial charge in [0.2, 0.25) is 5.89 Å². The zero-order valence-corrected chi connectivity index (χ0v) is 19.6. The quantitative estimate of drug-likeness (QED) is 0.432. The molecule has 180 valence electrons. The lowest BCUT2D eigenvalue weighted by atomic mass is 9.98. The Morgan fingerprint density at radius 2 is 1.76 bits per heavy atom. The number of fused-ring (bicyclic) bond motifs is 1. The zero-order valence-electron chi connectivity index (χ0n) is 18.8. The molecule has 10 heteroatoms. The molecule has 5 rings (SSSR count). The third kappa shape index (κ3) is 4.06. The third-order valence-corrected chi connectivity index (χ3v) is 8.04. The fourth-order valence-electron chi connectivity index (χ4n) is 3.83. The van der Waals surface area contributed by atoms with Gasteiger partial charge in [-0.25, -0.2) is 18.4 Å². The van der Waals surface area contributed by atoms with E-state index in [4.69, 9.17) is 10.2 Å². The number of hydrogen-bond acceptors (Lipinski definition) is 9. The molecular weight excluding hydrogens is 452 g/mol. The van der Waals surface area contributed by atoms with Crippen molar-refractivity contribution in [3.63, 3.8) is 0 Å². The van der Waals surface area contributed by atoms with E-state index < -0.39 is 15.1 Å². The smallest absolute Gasteiger partial charge is 0.270 e. The molecule has 1 aliphatic rings. The van der Waals surface area contributed by atoms with Gasteiger partial charge in [-0.15, -0.1) is 10.2 Å². The predicted molar refractivity (Wildman–Crippen MR) is 135 cm³/mol. The van der Waals surface area contributed by atoms with Crippen molar-refractivity contribution in [2.45, 2.75) is 37.0 Å². The minimum Gasteiger partial charge on any atom is -0.414 e. The minimum atomic E-state index is -3.36. The van der Waals surface area contributed by atoms with Gasteiger partial charge < -0.3 is 15.5 Å². The van der Waals surface area contributed by atoms with Crippen LogP contribution in [0.25, 0.3) is 34.3 Å². The summed E-state index contributed by atoms with van der Waals surface area (Å²) in [6, 6.07) is 12.6. The Labute approximate surface area is 201 Å². The highest BCUT2D eigenvalue weighted by Gasteiger charge is 2.20. The van der Waals surface area contributed by atoms with E-state index in [9.17, 15) is 8.42 Å². The number of aromatic nitrogens is 4. The number of anilines is 1. The second-order valence-electron chi connectivity index (χ2n) is 8.43. The van der Waals surface area contributed by atoms with Crippen LogP contribution < -0.4 is 11.1 Å². The molecule has 9 nitrogen and oxygen atoms in total. The second kappa shape index (κ2) is 8.62. The van der Waals surface area contributed by atoms with Gasteiger partial charge in [-0.1, -0.05) is 18.2 Å². The highest BCUT2D eigenvalue weighted by molar-refractivity contribution is 7.92. The van der Waals surface area contributed by atoms with Gasteiger partial charge in [-0.2, -0.15) is 0 Å². The number of nitrogens with one attached hydrogen (secondary N) is 1. The molecule has 0 saturated carbocycles. The Balaban J connectivity index is 0.00000160. The monoisotopic (exact) mass is 482 g/mol. The zero-order chi connectivity index (χ0) is 23.9. The maximum absolute atomic E-state index is 12.4. The minimum absolute atomic E-state index is 0. The lowest BCUT2D eigenvalue weighted by molar-refractivity contribution is 0.581. The molecule has 0 saturated heterocycles. The normalized spacial score (nSPS) is 13.7. The predicted octanol–water partition coefficient (Wildman–Crippen LogP) is 4.01. The first-order valence-electron chi connectivity index (χ1n) is 11.0. The Morgan fingerprint density at radius 1 is 1.03 bits per heavy atom. The summed E-state index contributed by atoms with van der Waals surface area (Å²) in [5, 5.41) is 11.2. The lowest BCUT2D eigenvalue weighted by Crippen LogP contribution is -2.23. The van der Waals surface area contributed by atoms with Crippen LogP contribution in [0.4, 0.5) is 5.82 Å². The van der Waals surface area contributed by atoms with Crippen LogP contribution in [0.3, 0.4) is 0 Å². The lowest BCUT2D eigenvalue weighted by Gasteiger charge is -2.17. The molecule has 0 radical (unpaired) electrons. The van der Waals surface area contributed by atoms with Crippen molar-refractivity contribution < 1.29 is 17.1 Å². The van der Waals surface area contributed by atoms with Crippen LogP contribution in [-0.2, 0) is 22.8 Å². The molecule has 0 unspecified atom stereocenters. The van der Waals surface area contributed by atoms with Gasteiger partial charge in [-0.3, -0.25) is 0 Å². The second-order valence-corrected chi connectivity index (χ2v) is 10.9. The molecule has 34 heavy (non-hydrogen) atoms. The number of nitrogen functional groups attached to an aromatic ring is 1. The maximum atomic E-state index is 12.4. The molecule has 1 aliphatic heterocycles. The van der Waals surface area contributed by atoms with Crippen molar-refractivity contribution >= 4 is 15.7 Å². The van der Waals surface area contributed by atoms with Crippen molar-refractivity contribution in [3.05, 3.63) is 59.8 Å². The van der Waals surface area contributed by atoms with Crippen LogP contribution in [0.2, 0.25) is 0 Å². The topological polar surface area (TPSA) is 137 Å². The van der Waals surface area contributed by atoms with E-state index in [2.05, 4.69) is 37.6 Å². The number of sulfone groups is 1. The molecule has 0 fully saturated rings. The van der Waals surface area contributed by atoms with Crippen molar-refractivity contribution in [2.24, 2.45) is 0 Å². The first-order chi connectivity index (χ1) is 16.3. The Bertz CT molecular complexity index is 1480. The molecule has 0 spiro atoms. The summed E-state index contributed by atoms with van der Waals surface area (Å²) in [6.45, 7) is 5.10. The highest BCUT2D eigenvalue weighted by Crippen LogP contribution is 2.30. The first kappa shape index (κ1) is 22.2. The molecule has 0 aliphatic carbocycles. The van der Waals surface area contributed by atoms with Crippen LogP contribution in [0.15, 0.2) is 58.0 Å². The summed E-state index contributed by atoms with van der Waals surface area (Å²) in [5.41, 5.74) is 10.9. The van der Waals surface area contributed by atoms with E-state index in [0.717, 1.165) is 25.1 Å². The highest BCUT2D eigenvalue weighted by atomic mass is 32.2. The van der Waals surface area contributed by atoms with Gasteiger partial charge in [-0.05, 0) is 62.2 Å². The van der Waals surface area contributed by atoms with Gasteiger partial charge in [0.1, 0.15) is 0 Å². The molecule has 0 atom stereocenters. The molecule has 0 bridgehead atoms. The van der Waals surface area contributed by atoms with Gasteiger partial charge in [0.15, 0.2) is 21.3 Å². The maximum Gasteiger partial charge on any atom is 0.270 e. The average Bonchev–Trinajstić information content (AvgIpc) is 3.34. The van der Waals surface area contributed by atoms with Gasteiger partial charge >= 0.3 is 0 Å². The molecular formula is C24H30N6O3S. The van der Waals surface area contributed by atoms with E-state index in [1.54, 1.807) is 38.1 Å². The van der Waals surface area contributed by atoms with E-state index >= 15 is 0 Å². The Kier molecular flexibility index (Phi) is 5.62. The molecule has 0 amide bonds. The van der Waals surface area contributed by atoms with Crippen LogP contribution >= 0.6 is 0 Å². The fourth-order valence-corrected chi connectivity index (χ4v) is 4.89. The van der Waals surface area contributed by atoms with Gasteiger partial charge in [0.25, 0.3) is 5.89 Å². The van der Waals surface area contributed by atoms with Gasteiger partial charge in [0, 0.05) is 22.0 Å². The van der Waals surface area contributed by atoms with Crippen molar-refractivity contribution in [1.82, 2.24) is 25.5 Å². The number of nitrogens with two attached hydrogens (primary N) is 1. The van der Waals surface area contributed by atoms with Crippen molar-refractivity contribution in [1.29, 1.82) is 0 Å². The van der Waals surface area contributed by atoms with E-state index in [0.29, 0.717) is 17.1 Å². The average molecular weight is 483 g/mol. The summed E-state index contributed by atoms with van der Waals surface area (Å²) in [5.74, 6) is 0.709.